The highest BCUT2D eigenvalue weighted by Crippen LogP contribution is 2.27. The standard InChI is InChI=1S/C16H20O4/c1-4-13-9-15(17)16(2,20-13)11-19-10-12-5-7-14(18-3)8-6-12/h5-9H,4,10-11H2,1-3H3. The van der Waals surface area contributed by atoms with E-state index in [9.17, 15) is 4.79 Å². The molecule has 4 heteroatoms. The maximum absolute atomic E-state index is 11.9. The third-order valence-corrected chi connectivity index (χ3v) is 3.32. The van der Waals surface area contributed by atoms with Crippen LogP contribution in [0.2, 0.25) is 0 Å². The minimum atomic E-state index is -0.877. The summed E-state index contributed by atoms with van der Waals surface area (Å²) in [6, 6.07) is 7.64. The van der Waals surface area contributed by atoms with Gasteiger partial charge in [-0.3, -0.25) is 4.79 Å². The van der Waals surface area contributed by atoms with Crippen molar-refractivity contribution in [1.82, 2.24) is 0 Å². The first-order chi connectivity index (χ1) is 9.57. The molecule has 1 aromatic carbocycles. The number of hydrogen-bond donors (Lipinski definition) is 0. The fourth-order valence-electron chi connectivity index (χ4n) is 2.03. The normalized spacial score (nSPS) is 21.6. The van der Waals surface area contributed by atoms with E-state index >= 15 is 0 Å². The first-order valence-corrected chi connectivity index (χ1v) is 6.72. The van der Waals surface area contributed by atoms with Gasteiger partial charge in [-0.25, -0.2) is 0 Å². The molecule has 0 saturated heterocycles. The zero-order valence-corrected chi connectivity index (χ0v) is 12.1. The molecule has 0 saturated carbocycles. The summed E-state index contributed by atoms with van der Waals surface area (Å²) in [5, 5.41) is 0. The summed E-state index contributed by atoms with van der Waals surface area (Å²) in [7, 11) is 1.63. The van der Waals surface area contributed by atoms with E-state index in [1.54, 1.807) is 20.1 Å². The number of methoxy groups -OCH3 is 1. The van der Waals surface area contributed by atoms with E-state index in [2.05, 4.69) is 0 Å². The highest BCUT2D eigenvalue weighted by Gasteiger charge is 2.39. The van der Waals surface area contributed by atoms with Crippen molar-refractivity contribution in [3.8, 4) is 5.75 Å². The molecule has 0 fully saturated rings. The van der Waals surface area contributed by atoms with Gasteiger partial charge in [-0.2, -0.15) is 0 Å². The average Bonchev–Trinajstić information content (AvgIpc) is 2.75. The number of rotatable bonds is 6. The molecule has 20 heavy (non-hydrogen) atoms. The van der Waals surface area contributed by atoms with Crippen LogP contribution < -0.4 is 4.74 Å². The number of ether oxygens (including phenoxy) is 3. The molecular formula is C16H20O4. The highest BCUT2D eigenvalue weighted by molar-refractivity contribution is 5.99. The number of allylic oxidation sites excluding steroid dienone is 1. The largest absolute Gasteiger partial charge is 0.497 e. The summed E-state index contributed by atoms with van der Waals surface area (Å²) in [5.74, 6) is 1.52. The second kappa shape index (κ2) is 6.09. The number of carbonyl (C=O) groups is 1. The molecule has 1 aliphatic heterocycles. The van der Waals surface area contributed by atoms with E-state index in [4.69, 9.17) is 14.2 Å². The van der Waals surface area contributed by atoms with Crippen LogP contribution in [0.5, 0.6) is 5.75 Å². The number of carbonyl (C=O) groups excluding carboxylic acids is 1. The summed E-state index contributed by atoms with van der Waals surface area (Å²) < 4.78 is 16.4. The van der Waals surface area contributed by atoms with Crippen molar-refractivity contribution in [3.05, 3.63) is 41.7 Å². The van der Waals surface area contributed by atoms with E-state index in [0.29, 0.717) is 6.61 Å². The van der Waals surface area contributed by atoms with Crippen LogP contribution in [-0.2, 0) is 20.9 Å². The maximum atomic E-state index is 11.9. The van der Waals surface area contributed by atoms with Crippen LogP contribution in [0.25, 0.3) is 0 Å². The first-order valence-electron chi connectivity index (χ1n) is 6.72. The van der Waals surface area contributed by atoms with Gasteiger partial charge in [0.15, 0.2) is 5.60 Å². The second-order valence-corrected chi connectivity index (χ2v) is 5.00. The van der Waals surface area contributed by atoms with Gasteiger partial charge in [0.25, 0.3) is 0 Å². The highest BCUT2D eigenvalue weighted by atomic mass is 16.6. The van der Waals surface area contributed by atoms with Crippen LogP contribution in [0.1, 0.15) is 25.8 Å². The molecule has 4 nitrogen and oxygen atoms in total. The molecule has 0 N–H and O–H groups in total. The Balaban J connectivity index is 1.85. The van der Waals surface area contributed by atoms with E-state index in [1.165, 1.54) is 0 Å². The summed E-state index contributed by atoms with van der Waals surface area (Å²) in [6.45, 7) is 4.42. The van der Waals surface area contributed by atoms with Crippen LogP contribution in [-0.4, -0.2) is 25.1 Å². The quantitative estimate of drug-likeness (QED) is 0.801. The molecule has 1 atom stereocenters. The lowest BCUT2D eigenvalue weighted by atomic mass is 10.0. The van der Waals surface area contributed by atoms with Crippen molar-refractivity contribution < 1.29 is 19.0 Å². The van der Waals surface area contributed by atoms with Crippen molar-refractivity contribution in [2.24, 2.45) is 0 Å². The number of hydrogen-bond acceptors (Lipinski definition) is 4. The Morgan fingerprint density at radius 2 is 1.95 bits per heavy atom. The van der Waals surface area contributed by atoms with Crippen molar-refractivity contribution in [2.75, 3.05) is 13.7 Å². The predicted octanol–water partition coefficient (Wildman–Crippen LogP) is 2.86. The van der Waals surface area contributed by atoms with Crippen molar-refractivity contribution >= 4 is 5.78 Å². The SMILES string of the molecule is CCC1=CC(=O)C(C)(COCc2ccc(OC)cc2)O1. The van der Waals surface area contributed by atoms with Crippen LogP contribution in [0.15, 0.2) is 36.1 Å². The Bertz CT molecular complexity index is 504. The molecule has 108 valence electrons. The number of benzene rings is 1. The Morgan fingerprint density at radius 1 is 1.25 bits per heavy atom. The molecule has 0 bridgehead atoms. The topological polar surface area (TPSA) is 44.8 Å². The Labute approximate surface area is 119 Å². The summed E-state index contributed by atoms with van der Waals surface area (Å²) >= 11 is 0. The van der Waals surface area contributed by atoms with Gasteiger partial charge in [-0.1, -0.05) is 19.1 Å². The zero-order chi connectivity index (χ0) is 14.6. The molecule has 0 aliphatic carbocycles. The van der Waals surface area contributed by atoms with Gasteiger partial charge in [-0.05, 0) is 24.6 Å². The molecule has 0 aromatic heterocycles. The summed E-state index contributed by atoms with van der Waals surface area (Å²) in [4.78, 5) is 11.9. The molecule has 0 amide bonds. The Morgan fingerprint density at radius 3 is 2.50 bits per heavy atom. The molecule has 1 aromatic rings. The summed E-state index contributed by atoms with van der Waals surface area (Å²) in [5.41, 5.74) is 0.154. The molecule has 1 heterocycles. The minimum absolute atomic E-state index is 0.0240. The van der Waals surface area contributed by atoms with Gasteiger partial charge in [0, 0.05) is 12.5 Å². The molecular weight excluding hydrogens is 256 g/mol. The predicted molar refractivity (Wildman–Crippen MR) is 75.5 cm³/mol. The first kappa shape index (κ1) is 14.6. The van der Waals surface area contributed by atoms with Crippen molar-refractivity contribution in [2.45, 2.75) is 32.5 Å². The average molecular weight is 276 g/mol. The van der Waals surface area contributed by atoms with E-state index in [1.807, 2.05) is 31.2 Å². The van der Waals surface area contributed by atoms with Crippen molar-refractivity contribution in [3.63, 3.8) is 0 Å². The molecule has 0 radical (unpaired) electrons. The fourth-order valence-corrected chi connectivity index (χ4v) is 2.03. The lowest BCUT2D eigenvalue weighted by Gasteiger charge is -2.23. The van der Waals surface area contributed by atoms with Crippen molar-refractivity contribution in [1.29, 1.82) is 0 Å². The third kappa shape index (κ3) is 3.20. The Hall–Kier alpha value is -1.81. The molecule has 0 spiro atoms. The molecule has 1 unspecified atom stereocenters. The van der Waals surface area contributed by atoms with E-state index in [-0.39, 0.29) is 12.4 Å². The van der Waals surface area contributed by atoms with E-state index < -0.39 is 5.60 Å². The molecule has 2 rings (SSSR count). The lowest BCUT2D eigenvalue weighted by molar-refractivity contribution is -0.135. The summed E-state index contributed by atoms with van der Waals surface area (Å²) in [6.07, 6.45) is 2.29. The van der Waals surface area contributed by atoms with Gasteiger partial charge < -0.3 is 14.2 Å². The third-order valence-electron chi connectivity index (χ3n) is 3.32. The second-order valence-electron chi connectivity index (χ2n) is 5.00. The monoisotopic (exact) mass is 276 g/mol. The van der Waals surface area contributed by atoms with Gasteiger partial charge in [0.2, 0.25) is 5.78 Å². The molecule has 1 aliphatic rings. The van der Waals surface area contributed by atoms with Crippen LogP contribution in [0.4, 0.5) is 0 Å². The number of ketones is 1. The smallest absolute Gasteiger partial charge is 0.204 e. The fraction of sp³-hybridized carbons (Fsp3) is 0.438. The van der Waals surface area contributed by atoms with Crippen LogP contribution >= 0.6 is 0 Å². The van der Waals surface area contributed by atoms with Crippen LogP contribution in [0, 0.1) is 0 Å². The van der Waals surface area contributed by atoms with Gasteiger partial charge in [-0.15, -0.1) is 0 Å². The zero-order valence-electron chi connectivity index (χ0n) is 12.1. The Kier molecular flexibility index (Phi) is 4.45. The van der Waals surface area contributed by atoms with Gasteiger partial charge >= 0.3 is 0 Å². The van der Waals surface area contributed by atoms with E-state index in [0.717, 1.165) is 23.5 Å². The van der Waals surface area contributed by atoms with Gasteiger partial charge in [0.05, 0.1) is 20.3 Å². The lowest BCUT2D eigenvalue weighted by Crippen LogP contribution is -2.38. The minimum Gasteiger partial charge on any atom is -0.497 e. The van der Waals surface area contributed by atoms with Crippen LogP contribution in [0.3, 0.4) is 0 Å². The van der Waals surface area contributed by atoms with Gasteiger partial charge in [0.1, 0.15) is 11.5 Å². The maximum Gasteiger partial charge on any atom is 0.204 e.